The molecular weight excluding hydrogens is 363 g/mol. The molecule has 3 rings (SSSR count). The zero-order valence-electron chi connectivity index (χ0n) is 14.6. The van der Waals surface area contributed by atoms with Crippen LogP contribution in [0.1, 0.15) is 5.56 Å². The first kappa shape index (κ1) is 18.5. The zero-order chi connectivity index (χ0) is 19.2. The lowest BCUT2D eigenvalue weighted by atomic mass is 10.1. The fourth-order valence-electron chi connectivity index (χ4n) is 2.50. The summed E-state index contributed by atoms with van der Waals surface area (Å²) in [5.41, 5.74) is 1.59. The molecule has 0 aliphatic heterocycles. The molecule has 27 heavy (non-hydrogen) atoms. The molecule has 0 fully saturated rings. The van der Waals surface area contributed by atoms with Crippen molar-refractivity contribution in [1.29, 1.82) is 0 Å². The van der Waals surface area contributed by atoms with Gasteiger partial charge in [0, 0.05) is 23.4 Å². The second-order valence-electron chi connectivity index (χ2n) is 5.67. The maximum absolute atomic E-state index is 13.2. The van der Waals surface area contributed by atoms with Crippen LogP contribution in [0.25, 0.3) is 11.5 Å². The smallest absolute Gasteiger partial charge is 0.288 e. The van der Waals surface area contributed by atoms with Crippen LogP contribution in [-0.4, -0.2) is 17.2 Å². The second kappa shape index (κ2) is 8.42. The van der Waals surface area contributed by atoms with E-state index in [1.807, 2.05) is 42.5 Å². The highest BCUT2D eigenvalue weighted by molar-refractivity contribution is 7.81. The number of anilines is 1. The summed E-state index contributed by atoms with van der Waals surface area (Å²) in [4.78, 5) is 0.318. The van der Waals surface area contributed by atoms with Gasteiger partial charge in [0.15, 0.2) is 23.1 Å². The van der Waals surface area contributed by atoms with Crippen molar-refractivity contribution in [2.24, 2.45) is 0 Å². The predicted molar refractivity (Wildman–Crippen MR) is 108 cm³/mol. The van der Waals surface area contributed by atoms with Crippen molar-refractivity contribution in [3.05, 3.63) is 90.5 Å². The van der Waals surface area contributed by atoms with Crippen LogP contribution in [0.5, 0.6) is 5.75 Å². The maximum atomic E-state index is 13.2. The van der Waals surface area contributed by atoms with Gasteiger partial charge >= 0.3 is 0 Å². The first-order chi connectivity index (χ1) is 13.1. The van der Waals surface area contributed by atoms with E-state index in [1.165, 1.54) is 24.3 Å². The number of rotatable bonds is 5. The molecule has 0 spiro atoms. The van der Waals surface area contributed by atoms with Gasteiger partial charge in [-0.1, -0.05) is 18.3 Å². The predicted octanol–water partition coefficient (Wildman–Crippen LogP) is 4.45. The Morgan fingerprint density at radius 3 is 2.22 bits per heavy atom. The molecule has 2 aromatic carbocycles. The topological polar surface area (TPSA) is 45.4 Å². The fraction of sp³-hybridized carbons (Fsp3) is 0.0476. The van der Waals surface area contributed by atoms with Gasteiger partial charge in [0.25, 0.3) is 5.70 Å². The molecule has 0 unspecified atom stereocenters. The third-order valence-corrected chi connectivity index (χ3v) is 4.17. The zero-order valence-corrected chi connectivity index (χ0v) is 15.4. The van der Waals surface area contributed by atoms with E-state index in [-0.39, 0.29) is 11.6 Å². The highest BCUT2D eigenvalue weighted by Crippen LogP contribution is 2.20. The van der Waals surface area contributed by atoms with E-state index in [0.717, 1.165) is 11.4 Å². The number of methoxy groups -OCH3 is 1. The molecule has 0 saturated heterocycles. The van der Waals surface area contributed by atoms with Crippen molar-refractivity contribution in [3.63, 3.8) is 0 Å². The maximum Gasteiger partial charge on any atom is 0.288 e. The number of ether oxygens (including phenoxy) is 1. The molecule has 0 aliphatic rings. The van der Waals surface area contributed by atoms with Crippen LogP contribution >= 0.6 is 12.2 Å². The van der Waals surface area contributed by atoms with Crippen LogP contribution in [0.3, 0.4) is 0 Å². The molecule has 136 valence electrons. The third kappa shape index (κ3) is 4.48. The van der Waals surface area contributed by atoms with Crippen molar-refractivity contribution in [2.45, 2.75) is 0 Å². The SMILES string of the molecule is COc1ccc(NC(=S)/C(=C(\O)c2ccc(F)cc2)[n+]2ccccc2)cc1. The Balaban J connectivity index is 2.00. The summed E-state index contributed by atoms with van der Waals surface area (Å²) in [5, 5.41) is 14.0. The van der Waals surface area contributed by atoms with E-state index in [2.05, 4.69) is 5.32 Å². The van der Waals surface area contributed by atoms with Crippen LogP contribution in [0.4, 0.5) is 10.1 Å². The Morgan fingerprint density at radius 1 is 1.00 bits per heavy atom. The van der Waals surface area contributed by atoms with Crippen molar-refractivity contribution >= 4 is 34.3 Å². The van der Waals surface area contributed by atoms with Gasteiger partial charge in [-0.15, -0.1) is 0 Å². The van der Waals surface area contributed by atoms with E-state index < -0.39 is 0 Å². The number of benzene rings is 2. The standard InChI is InChI=1S/C21H17FN2O2S/c1-26-18-11-9-17(10-12-18)23-21(27)19(24-13-3-2-4-14-24)20(25)15-5-7-16(22)8-6-15/h2-14H,1H3,(H-,23,25,27)/p+1. The summed E-state index contributed by atoms with van der Waals surface area (Å²) >= 11 is 5.55. The Kier molecular flexibility index (Phi) is 5.78. The number of aromatic nitrogens is 1. The van der Waals surface area contributed by atoms with E-state index >= 15 is 0 Å². The molecule has 0 atom stereocenters. The number of aliphatic hydroxyl groups excluding tert-OH is 1. The van der Waals surface area contributed by atoms with Crippen LogP contribution in [-0.2, 0) is 0 Å². The number of pyridine rings is 1. The van der Waals surface area contributed by atoms with Crippen molar-refractivity contribution < 1.29 is 18.8 Å². The monoisotopic (exact) mass is 381 g/mol. The van der Waals surface area contributed by atoms with E-state index in [1.54, 1.807) is 24.1 Å². The number of hydrogen-bond acceptors (Lipinski definition) is 3. The molecule has 6 heteroatoms. The van der Waals surface area contributed by atoms with Gasteiger partial charge < -0.3 is 15.2 Å². The minimum atomic E-state index is -0.376. The second-order valence-corrected chi connectivity index (χ2v) is 6.08. The van der Waals surface area contributed by atoms with Gasteiger partial charge in [-0.2, -0.15) is 4.57 Å². The normalized spacial score (nSPS) is 11.5. The average molecular weight is 381 g/mol. The minimum absolute atomic E-state index is 0.0581. The Bertz CT molecular complexity index is 956. The molecule has 4 nitrogen and oxygen atoms in total. The first-order valence-electron chi connectivity index (χ1n) is 8.20. The average Bonchev–Trinajstić information content (AvgIpc) is 2.70. The van der Waals surface area contributed by atoms with E-state index in [0.29, 0.717) is 16.2 Å². The fourth-order valence-corrected chi connectivity index (χ4v) is 2.82. The third-order valence-electron chi connectivity index (χ3n) is 3.88. The van der Waals surface area contributed by atoms with Crippen LogP contribution in [0, 0.1) is 5.82 Å². The lowest BCUT2D eigenvalue weighted by Gasteiger charge is -2.10. The molecule has 1 aromatic heterocycles. The summed E-state index contributed by atoms with van der Waals surface area (Å²) in [6.45, 7) is 0. The van der Waals surface area contributed by atoms with Gasteiger partial charge in [-0.3, -0.25) is 0 Å². The van der Waals surface area contributed by atoms with Crippen molar-refractivity contribution in [3.8, 4) is 5.75 Å². The quantitative estimate of drug-likeness (QED) is 0.297. The molecule has 0 bridgehead atoms. The number of nitrogens with zero attached hydrogens (tertiary/aromatic N) is 1. The molecular formula is C21H18FN2O2S+. The largest absolute Gasteiger partial charge is 0.502 e. The molecule has 1 heterocycles. The van der Waals surface area contributed by atoms with Crippen LogP contribution < -0.4 is 14.6 Å². The van der Waals surface area contributed by atoms with Gasteiger partial charge in [-0.05, 0) is 48.5 Å². The minimum Gasteiger partial charge on any atom is -0.502 e. The van der Waals surface area contributed by atoms with Crippen LogP contribution in [0.2, 0.25) is 0 Å². The molecule has 0 aliphatic carbocycles. The van der Waals surface area contributed by atoms with Gasteiger partial charge in [0.05, 0.1) is 7.11 Å². The summed E-state index contributed by atoms with van der Waals surface area (Å²) in [5.74, 6) is 0.297. The molecule has 3 aromatic rings. The number of halogens is 1. The summed E-state index contributed by atoms with van der Waals surface area (Å²) in [6, 6.07) is 18.4. The molecule has 0 amide bonds. The number of nitrogens with one attached hydrogen (secondary N) is 1. The molecule has 0 saturated carbocycles. The Labute approximate surface area is 162 Å². The van der Waals surface area contributed by atoms with Gasteiger partial charge in [0.2, 0.25) is 0 Å². The van der Waals surface area contributed by atoms with Crippen molar-refractivity contribution in [2.75, 3.05) is 12.4 Å². The highest BCUT2D eigenvalue weighted by Gasteiger charge is 2.23. The lowest BCUT2D eigenvalue weighted by Crippen LogP contribution is -2.38. The molecule has 0 radical (unpaired) electrons. The Morgan fingerprint density at radius 2 is 1.63 bits per heavy atom. The Hall–Kier alpha value is -3.25. The van der Waals surface area contributed by atoms with Crippen molar-refractivity contribution in [1.82, 2.24) is 0 Å². The molecule has 2 N–H and O–H groups in total. The number of thiocarbonyl (C=S) groups is 1. The van der Waals surface area contributed by atoms with E-state index in [9.17, 15) is 9.50 Å². The lowest BCUT2D eigenvalue weighted by molar-refractivity contribution is -0.575. The summed E-state index contributed by atoms with van der Waals surface area (Å²) < 4.78 is 20.1. The number of hydrogen-bond donors (Lipinski definition) is 2. The first-order valence-corrected chi connectivity index (χ1v) is 8.60. The van der Waals surface area contributed by atoms with Crippen LogP contribution in [0.15, 0.2) is 79.1 Å². The summed E-state index contributed by atoms with van der Waals surface area (Å²) in [7, 11) is 1.60. The summed E-state index contributed by atoms with van der Waals surface area (Å²) in [6.07, 6.45) is 3.55. The van der Waals surface area contributed by atoms with Gasteiger partial charge in [0.1, 0.15) is 11.6 Å². The number of aliphatic hydroxyl groups is 1. The highest BCUT2D eigenvalue weighted by atomic mass is 32.1. The van der Waals surface area contributed by atoms with Gasteiger partial charge in [-0.25, -0.2) is 4.39 Å². The van der Waals surface area contributed by atoms with E-state index in [4.69, 9.17) is 17.0 Å².